The Morgan fingerprint density at radius 3 is 1.95 bits per heavy atom. The van der Waals surface area contributed by atoms with Crippen molar-refractivity contribution in [3.8, 4) is 0 Å². The molecule has 1 saturated carbocycles. The Hall–Kier alpha value is -2.89. The van der Waals surface area contributed by atoms with Crippen molar-refractivity contribution in [1.29, 1.82) is 0 Å². The van der Waals surface area contributed by atoms with Crippen LogP contribution in [0.15, 0.2) is 4.99 Å². The van der Waals surface area contributed by atoms with Crippen molar-refractivity contribution < 1.29 is 38.9 Å². The van der Waals surface area contributed by atoms with Crippen molar-refractivity contribution in [2.24, 2.45) is 22.7 Å². The molecule has 0 radical (unpaired) electrons. The minimum absolute atomic E-state index is 0.0216. The van der Waals surface area contributed by atoms with Crippen LogP contribution in [-0.2, 0) is 19.1 Å². The van der Waals surface area contributed by atoms with Gasteiger partial charge in [-0.2, -0.15) is 5.01 Å². The number of hydrogen-bond donors (Lipinski definition) is 3. The molecule has 5 atom stereocenters. The molecule has 1 aliphatic carbocycles. The maximum Gasteiger partial charge on any atom is 0.435 e. The molecule has 1 aliphatic rings. The summed E-state index contributed by atoms with van der Waals surface area (Å²) in [6, 6.07) is -1.33. The van der Waals surface area contributed by atoms with Gasteiger partial charge in [-0.15, -0.1) is 0 Å². The number of hydrazine groups is 1. The van der Waals surface area contributed by atoms with Crippen LogP contribution in [0.4, 0.5) is 9.59 Å². The summed E-state index contributed by atoms with van der Waals surface area (Å²) in [4.78, 5) is 54.3. The average Bonchev–Trinajstić information content (AvgIpc) is 3.07. The van der Waals surface area contributed by atoms with Gasteiger partial charge in [0.1, 0.15) is 17.5 Å². The summed E-state index contributed by atoms with van der Waals surface area (Å²) in [6.07, 6.45) is -0.594. The van der Waals surface area contributed by atoms with E-state index >= 15 is 0 Å². The Balaban J connectivity index is 3.51. The second-order valence-corrected chi connectivity index (χ2v) is 11.7. The summed E-state index contributed by atoms with van der Waals surface area (Å²) >= 11 is 0. The molecule has 0 aromatic heterocycles. The Labute approximate surface area is 225 Å². The van der Waals surface area contributed by atoms with Crippen molar-refractivity contribution >= 4 is 30.4 Å². The lowest BCUT2D eigenvalue weighted by Crippen LogP contribution is -2.51. The Bertz CT molecular complexity index is 875. The van der Waals surface area contributed by atoms with Crippen LogP contribution in [0, 0.1) is 17.8 Å². The molecule has 0 spiro atoms. The second-order valence-electron chi connectivity index (χ2n) is 11.7. The van der Waals surface area contributed by atoms with Crippen LogP contribution in [0.5, 0.6) is 0 Å². The van der Waals surface area contributed by atoms with Crippen molar-refractivity contribution in [3.05, 3.63) is 0 Å². The fraction of sp³-hybridized carbons (Fsp3) is 0.808. The number of amides is 3. The smallest absolute Gasteiger partial charge is 0.435 e. The van der Waals surface area contributed by atoms with E-state index in [-0.39, 0.29) is 18.2 Å². The highest BCUT2D eigenvalue weighted by atomic mass is 16.6. The Morgan fingerprint density at radius 1 is 1.03 bits per heavy atom. The van der Waals surface area contributed by atoms with Crippen LogP contribution in [0.25, 0.3) is 0 Å². The zero-order valence-electron chi connectivity index (χ0n) is 24.3. The Kier molecular flexibility index (Phi) is 11.6. The molecule has 12 nitrogen and oxygen atoms in total. The molecule has 0 bridgehead atoms. The molecule has 3 amide bonds. The van der Waals surface area contributed by atoms with Crippen LogP contribution >= 0.6 is 0 Å². The predicted molar refractivity (Wildman–Crippen MR) is 141 cm³/mol. The van der Waals surface area contributed by atoms with Gasteiger partial charge >= 0.3 is 18.2 Å². The maximum atomic E-state index is 13.0. The minimum Gasteiger partial charge on any atom is -0.481 e. The third-order valence-corrected chi connectivity index (χ3v) is 6.33. The second kappa shape index (κ2) is 13.3. The number of aliphatic imine (C=N–C) groups is 1. The third-order valence-electron chi connectivity index (χ3n) is 6.33. The molecule has 12 heteroatoms. The standard InChI is InChI=1S/C26H46N4O8/c1-11-16(12-2)20(28-15(3)31)19-18(13-17(21(19)32)22(33)34)27-14-30(24(36)38-26(7,8)9)29(10)23(35)37-25(4,5)6/h14,16-21,32H,11-13H2,1-10H3,(H,28,31)(H,33,34). The molecule has 0 heterocycles. The zero-order valence-corrected chi connectivity index (χ0v) is 24.3. The van der Waals surface area contributed by atoms with Gasteiger partial charge in [0.2, 0.25) is 5.91 Å². The van der Waals surface area contributed by atoms with E-state index in [0.29, 0.717) is 12.8 Å². The van der Waals surface area contributed by atoms with E-state index in [1.54, 1.807) is 41.5 Å². The number of carboxylic acids is 1. The van der Waals surface area contributed by atoms with Crippen molar-refractivity contribution in [1.82, 2.24) is 15.3 Å². The molecule has 0 saturated heterocycles. The number of nitrogens with one attached hydrogen (secondary N) is 1. The zero-order chi connectivity index (χ0) is 29.6. The lowest BCUT2D eigenvalue weighted by Gasteiger charge is -2.36. The molecule has 0 aromatic carbocycles. The first-order valence-corrected chi connectivity index (χ1v) is 13.0. The summed E-state index contributed by atoms with van der Waals surface area (Å²) in [5.41, 5.74) is -1.72. The fourth-order valence-corrected chi connectivity index (χ4v) is 4.59. The van der Waals surface area contributed by atoms with E-state index in [4.69, 9.17) is 9.47 Å². The largest absolute Gasteiger partial charge is 0.481 e. The molecular weight excluding hydrogens is 496 g/mol. The summed E-state index contributed by atoms with van der Waals surface area (Å²) in [6.45, 7) is 15.3. The number of aliphatic hydroxyl groups is 1. The number of aliphatic carboxylic acids is 1. The van der Waals surface area contributed by atoms with Crippen LogP contribution in [0.2, 0.25) is 0 Å². The molecule has 0 aliphatic heterocycles. The number of carbonyl (C=O) groups excluding carboxylic acids is 3. The quantitative estimate of drug-likeness (QED) is 0.239. The van der Waals surface area contributed by atoms with Gasteiger partial charge in [-0.1, -0.05) is 26.7 Å². The predicted octanol–water partition coefficient (Wildman–Crippen LogP) is 3.42. The molecule has 218 valence electrons. The fourth-order valence-electron chi connectivity index (χ4n) is 4.59. The topological polar surface area (TPSA) is 158 Å². The van der Waals surface area contributed by atoms with Crippen molar-refractivity contribution in [2.75, 3.05) is 7.05 Å². The molecule has 38 heavy (non-hydrogen) atoms. The molecular formula is C26H46N4O8. The first-order valence-electron chi connectivity index (χ1n) is 13.0. The highest BCUT2D eigenvalue weighted by Crippen LogP contribution is 2.39. The van der Waals surface area contributed by atoms with Gasteiger partial charge in [-0.3, -0.25) is 14.6 Å². The summed E-state index contributed by atoms with van der Waals surface area (Å²) in [5.74, 6) is -3.40. The van der Waals surface area contributed by atoms with Crippen LogP contribution < -0.4 is 5.32 Å². The number of aliphatic hydroxyl groups excluding tert-OH is 1. The monoisotopic (exact) mass is 542 g/mol. The average molecular weight is 543 g/mol. The van der Waals surface area contributed by atoms with Gasteiger partial charge in [0.15, 0.2) is 0 Å². The van der Waals surface area contributed by atoms with E-state index < -0.39 is 59.4 Å². The summed E-state index contributed by atoms with van der Waals surface area (Å²) < 4.78 is 10.8. The van der Waals surface area contributed by atoms with Gasteiger partial charge in [0.25, 0.3) is 0 Å². The number of carbonyl (C=O) groups is 4. The molecule has 3 N–H and O–H groups in total. The van der Waals surface area contributed by atoms with E-state index in [1.165, 1.54) is 14.0 Å². The summed E-state index contributed by atoms with van der Waals surface area (Å²) in [5, 5.41) is 25.5. The number of nitrogens with zero attached hydrogens (tertiary/aromatic N) is 3. The van der Waals surface area contributed by atoms with Gasteiger partial charge in [-0.05, 0) is 53.9 Å². The first-order chi connectivity index (χ1) is 17.3. The van der Waals surface area contributed by atoms with Crippen LogP contribution in [0.1, 0.15) is 81.6 Å². The normalized spacial score (nSPS) is 22.7. The van der Waals surface area contributed by atoms with E-state index in [9.17, 15) is 29.4 Å². The Morgan fingerprint density at radius 2 is 1.53 bits per heavy atom. The molecule has 0 aromatic rings. The third kappa shape index (κ3) is 9.45. The van der Waals surface area contributed by atoms with Crippen molar-refractivity contribution in [2.45, 2.75) is 111 Å². The number of rotatable bonds is 8. The number of hydrogen-bond acceptors (Lipinski definition) is 8. The van der Waals surface area contributed by atoms with E-state index in [2.05, 4.69) is 10.3 Å². The lowest BCUT2D eigenvalue weighted by molar-refractivity contribution is -0.145. The SMILES string of the molecule is CCC(CC)C(NC(C)=O)C1C(N=CN(C(=O)OC(C)(C)C)N(C)C(=O)OC(C)(C)C)CC(C(=O)O)C1O. The van der Waals surface area contributed by atoms with Gasteiger partial charge in [-0.25, -0.2) is 14.6 Å². The number of carboxylic acid groups (broad SMARTS) is 1. The maximum absolute atomic E-state index is 13.0. The van der Waals surface area contributed by atoms with Gasteiger partial charge in [0, 0.05) is 25.9 Å². The van der Waals surface area contributed by atoms with Gasteiger partial charge in [0.05, 0.1) is 18.1 Å². The van der Waals surface area contributed by atoms with Crippen LogP contribution in [0.3, 0.4) is 0 Å². The molecule has 1 fully saturated rings. The minimum atomic E-state index is -1.29. The summed E-state index contributed by atoms with van der Waals surface area (Å²) in [7, 11) is 1.31. The first kappa shape index (κ1) is 33.1. The highest BCUT2D eigenvalue weighted by molar-refractivity contribution is 5.85. The van der Waals surface area contributed by atoms with Crippen molar-refractivity contribution in [3.63, 3.8) is 0 Å². The molecule has 5 unspecified atom stereocenters. The van der Waals surface area contributed by atoms with E-state index in [1.807, 2.05) is 13.8 Å². The van der Waals surface area contributed by atoms with Crippen LogP contribution in [-0.4, -0.2) is 87.1 Å². The highest BCUT2D eigenvalue weighted by Gasteiger charge is 2.50. The van der Waals surface area contributed by atoms with E-state index in [0.717, 1.165) is 16.4 Å². The van der Waals surface area contributed by atoms with Gasteiger partial charge < -0.3 is 25.0 Å². The number of ether oxygens (including phenoxy) is 2. The molecule has 1 rings (SSSR count). The lowest BCUT2D eigenvalue weighted by atomic mass is 9.80.